The van der Waals surface area contributed by atoms with E-state index in [1.807, 2.05) is 25.7 Å². The van der Waals surface area contributed by atoms with Crippen molar-refractivity contribution in [2.24, 2.45) is 0 Å². The first kappa shape index (κ1) is 20.4. The number of hydrogen-bond donors (Lipinski definition) is 1. The van der Waals surface area contributed by atoms with Crippen LogP contribution < -0.4 is 5.32 Å². The first-order valence-electron chi connectivity index (χ1n) is 9.44. The summed E-state index contributed by atoms with van der Waals surface area (Å²) in [4.78, 5) is 30.2. The van der Waals surface area contributed by atoms with E-state index in [1.165, 1.54) is 4.88 Å². The summed E-state index contributed by atoms with van der Waals surface area (Å²) in [7, 11) is 0. The summed E-state index contributed by atoms with van der Waals surface area (Å²) in [6, 6.07) is 11.2. The molecule has 28 heavy (non-hydrogen) atoms. The topological polar surface area (TPSA) is 61.9 Å². The second kappa shape index (κ2) is 8.75. The molecule has 1 aliphatic rings. The fourth-order valence-electron chi connectivity index (χ4n) is 3.03. The lowest BCUT2D eigenvalue weighted by Crippen LogP contribution is -2.48. The van der Waals surface area contributed by atoms with Crippen LogP contribution in [0.3, 0.4) is 0 Å². The van der Waals surface area contributed by atoms with Crippen molar-refractivity contribution in [3.8, 4) is 0 Å². The van der Waals surface area contributed by atoms with Gasteiger partial charge in [0.25, 0.3) is 5.91 Å². The number of benzene rings is 1. The van der Waals surface area contributed by atoms with Gasteiger partial charge in [-0.05, 0) is 56.5 Å². The van der Waals surface area contributed by atoms with E-state index in [0.29, 0.717) is 11.3 Å². The molecule has 7 heteroatoms. The summed E-state index contributed by atoms with van der Waals surface area (Å²) < 4.78 is 5.23. The summed E-state index contributed by atoms with van der Waals surface area (Å²) in [6.45, 7) is 9.59. The monoisotopic (exact) mass is 401 g/mol. The molecule has 2 amide bonds. The standard InChI is InChI=1S/C21H27N3O3S/c1-21(2,3)27-20(26)22-17-8-6-16(7-9-17)19(25)24-12-10-23(11-13-24)15-18-5-4-14-28-18/h4-9,14H,10-13,15H2,1-3H3,(H,22,26). The summed E-state index contributed by atoms with van der Waals surface area (Å²) in [5.41, 5.74) is 0.680. The molecule has 1 aromatic carbocycles. The molecule has 6 nitrogen and oxygen atoms in total. The van der Waals surface area contributed by atoms with E-state index in [9.17, 15) is 9.59 Å². The predicted molar refractivity (Wildman–Crippen MR) is 112 cm³/mol. The third kappa shape index (κ3) is 5.81. The number of carbonyl (C=O) groups is 2. The molecule has 3 rings (SSSR count). The van der Waals surface area contributed by atoms with Gasteiger partial charge in [-0.25, -0.2) is 4.79 Å². The van der Waals surface area contributed by atoms with Gasteiger partial charge in [0, 0.05) is 48.9 Å². The third-order valence-corrected chi connectivity index (χ3v) is 5.26. The maximum Gasteiger partial charge on any atom is 0.412 e. The molecule has 0 saturated carbocycles. The number of nitrogens with zero attached hydrogens (tertiary/aromatic N) is 2. The normalized spacial score (nSPS) is 15.3. The Morgan fingerprint density at radius 1 is 1.07 bits per heavy atom. The van der Waals surface area contributed by atoms with Crippen molar-refractivity contribution in [2.45, 2.75) is 32.9 Å². The van der Waals surface area contributed by atoms with Crippen molar-refractivity contribution in [3.63, 3.8) is 0 Å². The zero-order chi connectivity index (χ0) is 20.1. The van der Waals surface area contributed by atoms with Gasteiger partial charge in [-0.1, -0.05) is 6.07 Å². The van der Waals surface area contributed by atoms with Crippen molar-refractivity contribution < 1.29 is 14.3 Å². The molecule has 150 valence electrons. The highest BCUT2D eigenvalue weighted by molar-refractivity contribution is 7.09. The highest BCUT2D eigenvalue weighted by Crippen LogP contribution is 2.17. The zero-order valence-corrected chi connectivity index (χ0v) is 17.4. The Morgan fingerprint density at radius 2 is 1.75 bits per heavy atom. The molecule has 1 saturated heterocycles. The highest BCUT2D eigenvalue weighted by atomic mass is 32.1. The van der Waals surface area contributed by atoms with Gasteiger partial charge < -0.3 is 9.64 Å². The number of thiophene rings is 1. The Balaban J connectivity index is 1.50. The Kier molecular flexibility index (Phi) is 6.36. The number of nitrogens with one attached hydrogen (secondary N) is 1. The minimum atomic E-state index is -0.550. The average molecular weight is 402 g/mol. The van der Waals surface area contributed by atoms with Gasteiger partial charge in [-0.15, -0.1) is 11.3 Å². The molecule has 0 radical (unpaired) electrons. The minimum absolute atomic E-state index is 0.0274. The van der Waals surface area contributed by atoms with Gasteiger partial charge in [-0.2, -0.15) is 0 Å². The van der Waals surface area contributed by atoms with Crippen LogP contribution >= 0.6 is 11.3 Å². The Bertz CT molecular complexity index is 789. The van der Waals surface area contributed by atoms with E-state index in [0.717, 1.165) is 32.7 Å². The van der Waals surface area contributed by atoms with E-state index in [2.05, 4.69) is 27.7 Å². The number of rotatable bonds is 4. The first-order chi connectivity index (χ1) is 13.3. The Labute approximate surface area is 170 Å². The number of amides is 2. The number of piperazine rings is 1. The number of ether oxygens (including phenoxy) is 1. The van der Waals surface area contributed by atoms with Gasteiger partial charge >= 0.3 is 6.09 Å². The molecular formula is C21H27N3O3S. The second-order valence-corrected chi connectivity index (χ2v) is 8.88. The quantitative estimate of drug-likeness (QED) is 0.839. The van der Waals surface area contributed by atoms with Crippen molar-refractivity contribution in [3.05, 3.63) is 52.2 Å². The van der Waals surface area contributed by atoms with Crippen molar-refractivity contribution >= 4 is 29.0 Å². The maximum absolute atomic E-state index is 12.7. The summed E-state index contributed by atoms with van der Waals surface area (Å²) in [6.07, 6.45) is -0.506. The summed E-state index contributed by atoms with van der Waals surface area (Å²) >= 11 is 1.77. The van der Waals surface area contributed by atoms with Crippen LogP contribution in [0.2, 0.25) is 0 Å². The van der Waals surface area contributed by atoms with E-state index >= 15 is 0 Å². The molecule has 0 atom stereocenters. The van der Waals surface area contributed by atoms with Crippen molar-refractivity contribution in [1.29, 1.82) is 0 Å². The predicted octanol–water partition coefficient (Wildman–Crippen LogP) is 4.05. The molecule has 1 fully saturated rings. The van der Waals surface area contributed by atoms with Crippen molar-refractivity contribution in [2.75, 3.05) is 31.5 Å². The molecule has 0 unspecified atom stereocenters. The number of anilines is 1. The fraction of sp³-hybridized carbons (Fsp3) is 0.429. The van der Waals surface area contributed by atoms with Crippen LogP contribution in [0.15, 0.2) is 41.8 Å². The first-order valence-corrected chi connectivity index (χ1v) is 10.3. The molecular weight excluding hydrogens is 374 g/mol. The lowest BCUT2D eigenvalue weighted by atomic mass is 10.1. The number of hydrogen-bond acceptors (Lipinski definition) is 5. The summed E-state index contributed by atoms with van der Waals surface area (Å²) in [5, 5.41) is 4.77. The fourth-order valence-corrected chi connectivity index (χ4v) is 3.78. The van der Waals surface area contributed by atoms with Crippen LogP contribution in [0.4, 0.5) is 10.5 Å². The SMILES string of the molecule is CC(C)(C)OC(=O)Nc1ccc(C(=O)N2CCN(Cc3cccs3)CC2)cc1. The molecule has 1 aromatic heterocycles. The highest BCUT2D eigenvalue weighted by Gasteiger charge is 2.22. The van der Waals surface area contributed by atoms with Crippen LogP contribution in [0.5, 0.6) is 0 Å². The van der Waals surface area contributed by atoms with Crippen LogP contribution in [-0.4, -0.2) is 53.6 Å². The molecule has 0 spiro atoms. The molecule has 1 N–H and O–H groups in total. The van der Waals surface area contributed by atoms with Crippen LogP contribution in [0, 0.1) is 0 Å². The zero-order valence-electron chi connectivity index (χ0n) is 16.6. The second-order valence-electron chi connectivity index (χ2n) is 7.85. The average Bonchev–Trinajstić information content (AvgIpc) is 3.14. The van der Waals surface area contributed by atoms with Crippen LogP contribution in [0.25, 0.3) is 0 Å². The maximum atomic E-state index is 12.7. The van der Waals surface area contributed by atoms with Crippen molar-refractivity contribution in [1.82, 2.24) is 9.80 Å². The molecule has 0 bridgehead atoms. The molecule has 1 aliphatic heterocycles. The molecule has 2 heterocycles. The number of carbonyl (C=O) groups excluding carboxylic acids is 2. The van der Waals surface area contributed by atoms with E-state index in [-0.39, 0.29) is 5.91 Å². The van der Waals surface area contributed by atoms with Gasteiger partial charge in [0.2, 0.25) is 0 Å². The smallest absolute Gasteiger partial charge is 0.412 e. The van der Waals surface area contributed by atoms with Gasteiger partial charge in [0.1, 0.15) is 5.60 Å². The lowest BCUT2D eigenvalue weighted by Gasteiger charge is -2.34. The third-order valence-electron chi connectivity index (χ3n) is 4.40. The van der Waals surface area contributed by atoms with Gasteiger partial charge in [0.05, 0.1) is 0 Å². The van der Waals surface area contributed by atoms with E-state index < -0.39 is 11.7 Å². The Hall–Kier alpha value is -2.38. The largest absolute Gasteiger partial charge is 0.444 e. The van der Waals surface area contributed by atoms with E-state index in [4.69, 9.17) is 4.74 Å². The van der Waals surface area contributed by atoms with Gasteiger partial charge in [-0.3, -0.25) is 15.0 Å². The molecule has 0 aliphatic carbocycles. The Morgan fingerprint density at radius 3 is 2.32 bits per heavy atom. The van der Waals surface area contributed by atoms with E-state index in [1.54, 1.807) is 35.6 Å². The lowest BCUT2D eigenvalue weighted by molar-refractivity contribution is 0.0625. The van der Waals surface area contributed by atoms with Crippen LogP contribution in [0.1, 0.15) is 36.0 Å². The molecule has 2 aromatic rings. The van der Waals surface area contributed by atoms with Crippen LogP contribution in [-0.2, 0) is 11.3 Å². The van der Waals surface area contributed by atoms with Gasteiger partial charge in [0.15, 0.2) is 0 Å². The minimum Gasteiger partial charge on any atom is -0.444 e. The summed E-state index contributed by atoms with van der Waals surface area (Å²) in [5.74, 6) is 0.0274.